The maximum atomic E-state index is 6.39. The maximum Gasteiger partial charge on any atom is 0.00698 e. The molecule has 6 atom stereocenters. The third-order valence-corrected chi connectivity index (χ3v) is 6.05. The largest absolute Gasteiger partial charge is 0.327 e. The summed E-state index contributed by atoms with van der Waals surface area (Å²) in [6.07, 6.45) is 12.1. The Labute approximate surface area is 119 Å². The predicted octanol–water partition coefficient (Wildman–Crippen LogP) is 3.68. The normalized spacial score (nSPS) is 44.2. The van der Waals surface area contributed by atoms with Crippen molar-refractivity contribution in [1.29, 1.82) is 0 Å². The predicted molar refractivity (Wildman–Crippen MR) is 82.8 cm³/mol. The Morgan fingerprint density at radius 2 is 1.53 bits per heavy atom. The van der Waals surface area contributed by atoms with E-state index in [0.29, 0.717) is 12.1 Å². The van der Waals surface area contributed by atoms with E-state index in [2.05, 4.69) is 13.8 Å². The van der Waals surface area contributed by atoms with Crippen molar-refractivity contribution in [1.82, 2.24) is 0 Å². The van der Waals surface area contributed by atoms with Crippen LogP contribution in [0.15, 0.2) is 0 Å². The highest BCUT2D eigenvalue weighted by atomic mass is 14.7. The van der Waals surface area contributed by atoms with Gasteiger partial charge in [0.15, 0.2) is 0 Å². The fourth-order valence-corrected chi connectivity index (χ4v) is 4.25. The molecule has 2 nitrogen and oxygen atoms in total. The molecule has 19 heavy (non-hydrogen) atoms. The molecule has 0 aliphatic heterocycles. The van der Waals surface area contributed by atoms with Crippen LogP contribution in [0.4, 0.5) is 0 Å². The zero-order valence-electron chi connectivity index (χ0n) is 13.0. The van der Waals surface area contributed by atoms with Crippen LogP contribution in [0.1, 0.15) is 71.6 Å². The molecule has 2 aliphatic rings. The minimum absolute atomic E-state index is 0.447. The number of nitrogens with two attached hydrogens (primary N) is 2. The van der Waals surface area contributed by atoms with Crippen LogP contribution < -0.4 is 11.5 Å². The molecule has 0 bridgehead atoms. The third-order valence-electron chi connectivity index (χ3n) is 6.05. The monoisotopic (exact) mass is 266 g/mol. The van der Waals surface area contributed by atoms with Gasteiger partial charge in [-0.15, -0.1) is 0 Å². The first-order valence-corrected chi connectivity index (χ1v) is 8.61. The van der Waals surface area contributed by atoms with Gasteiger partial charge in [0, 0.05) is 12.1 Å². The average Bonchev–Trinajstić information content (AvgIpc) is 2.41. The first kappa shape index (κ1) is 15.3. The minimum Gasteiger partial charge on any atom is -0.327 e. The van der Waals surface area contributed by atoms with E-state index < -0.39 is 0 Å². The fraction of sp³-hybridized carbons (Fsp3) is 1.00. The van der Waals surface area contributed by atoms with Crippen molar-refractivity contribution in [2.24, 2.45) is 35.1 Å². The lowest BCUT2D eigenvalue weighted by atomic mass is 9.72. The van der Waals surface area contributed by atoms with Gasteiger partial charge in [-0.05, 0) is 55.8 Å². The van der Waals surface area contributed by atoms with Gasteiger partial charge in [0.2, 0.25) is 0 Å². The molecule has 2 heteroatoms. The summed E-state index contributed by atoms with van der Waals surface area (Å²) in [7, 11) is 0. The van der Waals surface area contributed by atoms with Gasteiger partial charge in [0.1, 0.15) is 0 Å². The van der Waals surface area contributed by atoms with Crippen LogP contribution >= 0.6 is 0 Å². The summed E-state index contributed by atoms with van der Waals surface area (Å²) in [5.74, 6) is 3.30. The van der Waals surface area contributed by atoms with Crippen molar-refractivity contribution >= 4 is 0 Å². The summed E-state index contributed by atoms with van der Waals surface area (Å²) in [6.45, 7) is 4.62. The molecule has 0 heterocycles. The highest BCUT2D eigenvalue weighted by Crippen LogP contribution is 2.36. The third kappa shape index (κ3) is 4.19. The molecular formula is C17H34N2. The molecule has 112 valence electrons. The van der Waals surface area contributed by atoms with Crippen molar-refractivity contribution in [3.63, 3.8) is 0 Å². The Kier molecular flexibility index (Phi) is 5.70. The first-order chi connectivity index (χ1) is 9.10. The summed E-state index contributed by atoms with van der Waals surface area (Å²) < 4.78 is 0. The Balaban J connectivity index is 1.71. The SMILES string of the molecule is CCC1CCC(CCC2CCC(C)[C@@H](N)C2)[C@H](N)C1. The van der Waals surface area contributed by atoms with Crippen LogP contribution in [-0.2, 0) is 0 Å². The first-order valence-electron chi connectivity index (χ1n) is 8.61. The molecule has 0 amide bonds. The molecule has 0 aromatic heterocycles. The van der Waals surface area contributed by atoms with Gasteiger partial charge in [0.25, 0.3) is 0 Å². The van der Waals surface area contributed by atoms with E-state index in [1.165, 1.54) is 57.8 Å². The van der Waals surface area contributed by atoms with Gasteiger partial charge in [-0.2, -0.15) is 0 Å². The molecular weight excluding hydrogens is 232 g/mol. The summed E-state index contributed by atoms with van der Waals surface area (Å²) in [6, 6.07) is 0.915. The molecule has 2 fully saturated rings. The number of hydrogen-bond acceptors (Lipinski definition) is 2. The standard InChI is InChI=1S/C17H34N2/c1-3-13-6-8-15(17(19)10-13)9-7-14-5-4-12(2)16(18)11-14/h12-17H,3-11,18-19H2,1-2H3/t12?,13?,14?,15?,16-,17+/m0/s1. The Bertz CT molecular complexity index is 266. The van der Waals surface area contributed by atoms with E-state index in [0.717, 1.165) is 23.7 Å². The van der Waals surface area contributed by atoms with Gasteiger partial charge >= 0.3 is 0 Å². The molecule has 4 unspecified atom stereocenters. The zero-order chi connectivity index (χ0) is 13.8. The van der Waals surface area contributed by atoms with Gasteiger partial charge in [-0.25, -0.2) is 0 Å². The lowest BCUT2D eigenvalue weighted by Crippen LogP contribution is -2.38. The maximum absolute atomic E-state index is 6.39. The summed E-state index contributed by atoms with van der Waals surface area (Å²) in [4.78, 5) is 0. The van der Waals surface area contributed by atoms with Crippen molar-refractivity contribution < 1.29 is 0 Å². The highest BCUT2D eigenvalue weighted by Gasteiger charge is 2.29. The lowest BCUT2D eigenvalue weighted by molar-refractivity contribution is 0.188. The highest BCUT2D eigenvalue weighted by molar-refractivity contribution is 4.85. The van der Waals surface area contributed by atoms with Gasteiger partial charge in [-0.3, -0.25) is 0 Å². The van der Waals surface area contributed by atoms with Crippen LogP contribution in [0, 0.1) is 23.7 Å². The van der Waals surface area contributed by atoms with E-state index >= 15 is 0 Å². The van der Waals surface area contributed by atoms with Crippen molar-refractivity contribution in [2.45, 2.75) is 83.7 Å². The van der Waals surface area contributed by atoms with Crippen molar-refractivity contribution in [3.05, 3.63) is 0 Å². The smallest absolute Gasteiger partial charge is 0.00698 e. The fourth-order valence-electron chi connectivity index (χ4n) is 4.25. The van der Waals surface area contributed by atoms with E-state index in [4.69, 9.17) is 11.5 Å². The quantitative estimate of drug-likeness (QED) is 0.815. The van der Waals surface area contributed by atoms with E-state index in [9.17, 15) is 0 Å². The summed E-state index contributed by atoms with van der Waals surface area (Å²) >= 11 is 0. The molecule has 2 saturated carbocycles. The average molecular weight is 266 g/mol. The summed E-state index contributed by atoms with van der Waals surface area (Å²) in [5.41, 5.74) is 12.6. The van der Waals surface area contributed by atoms with Crippen molar-refractivity contribution in [3.8, 4) is 0 Å². The molecule has 0 spiro atoms. The molecule has 0 aromatic rings. The van der Waals surface area contributed by atoms with E-state index in [1.807, 2.05) is 0 Å². The number of hydrogen-bond donors (Lipinski definition) is 2. The van der Waals surface area contributed by atoms with Crippen LogP contribution in [0.2, 0.25) is 0 Å². The Morgan fingerprint density at radius 3 is 2.16 bits per heavy atom. The van der Waals surface area contributed by atoms with Gasteiger partial charge < -0.3 is 11.5 Å². The lowest BCUT2D eigenvalue weighted by Gasteiger charge is -2.36. The van der Waals surface area contributed by atoms with Crippen LogP contribution in [0.25, 0.3) is 0 Å². The topological polar surface area (TPSA) is 52.0 Å². The molecule has 4 N–H and O–H groups in total. The Hall–Kier alpha value is -0.0800. The van der Waals surface area contributed by atoms with E-state index in [-0.39, 0.29) is 0 Å². The second-order valence-electron chi connectivity index (χ2n) is 7.41. The van der Waals surface area contributed by atoms with E-state index in [1.54, 1.807) is 0 Å². The zero-order valence-corrected chi connectivity index (χ0v) is 13.0. The Morgan fingerprint density at radius 1 is 0.842 bits per heavy atom. The van der Waals surface area contributed by atoms with Gasteiger partial charge in [-0.1, -0.05) is 39.5 Å². The van der Waals surface area contributed by atoms with Crippen molar-refractivity contribution in [2.75, 3.05) is 0 Å². The molecule has 0 aromatic carbocycles. The van der Waals surface area contributed by atoms with Crippen LogP contribution in [0.3, 0.4) is 0 Å². The number of rotatable bonds is 4. The molecule has 0 saturated heterocycles. The second-order valence-corrected chi connectivity index (χ2v) is 7.41. The van der Waals surface area contributed by atoms with Crippen LogP contribution in [-0.4, -0.2) is 12.1 Å². The van der Waals surface area contributed by atoms with Gasteiger partial charge in [0.05, 0.1) is 0 Å². The molecule has 2 rings (SSSR count). The van der Waals surface area contributed by atoms with Crippen LogP contribution in [0.5, 0.6) is 0 Å². The molecule has 0 radical (unpaired) electrons. The summed E-state index contributed by atoms with van der Waals surface area (Å²) in [5, 5.41) is 0. The minimum atomic E-state index is 0.447. The molecule has 2 aliphatic carbocycles. The second kappa shape index (κ2) is 7.08.